The van der Waals surface area contributed by atoms with Gasteiger partial charge in [0, 0.05) is 0 Å². The molecule has 1 spiro atoms. The maximum absolute atomic E-state index is 14.3. The van der Waals surface area contributed by atoms with E-state index in [4.69, 9.17) is 0 Å². The first-order valence-corrected chi connectivity index (χ1v) is 18.7. The predicted octanol–water partition coefficient (Wildman–Crippen LogP) is 7.71. The lowest BCUT2D eigenvalue weighted by Crippen LogP contribution is -2.54. The number of rotatable bonds is 6. The van der Waals surface area contributed by atoms with E-state index in [1.165, 1.54) is 51.4 Å². The lowest BCUT2D eigenvalue weighted by atomic mass is 9.44. The van der Waals surface area contributed by atoms with Gasteiger partial charge in [0.15, 0.2) is 9.84 Å². The molecule has 9 atom stereocenters. The molecule has 0 heterocycles. The highest BCUT2D eigenvalue weighted by atomic mass is 32.2. The van der Waals surface area contributed by atoms with Crippen LogP contribution in [0, 0.1) is 45.8 Å². The van der Waals surface area contributed by atoms with Crippen molar-refractivity contribution in [2.75, 3.05) is 0 Å². The highest BCUT2D eigenvalue weighted by Gasteiger charge is 2.60. The third-order valence-electron chi connectivity index (χ3n) is 14.7. The number of aliphatic hydroxyl groups is 2. The zero-order valence-electron chi connectivity index (χ0n) is 25.6. The van der Waals surface area contributed by atoms with Gasteiger partial charge in [0.25, 0.3) is 0 Å². The molecule has 0 radical (unpaired) electrons. The Hall–Kier alpha value is -0.910. The Balaban J connectivity index is 1.13. The van der Waals surface area contributed by atoms with Crippen molar-refractivity contribution in [2.24, 2.45) is 45.8 Å². The Bertz CT molecular complexity index is 1210. The van der Waals surface area contributed by atoms with E-state index < -0.39 is 20.7 Å². The van der Waals surface area contributed by atoms with Crippen LogP contribution in [0.3, 0.4) is 0 Å². The first-order chi connectivity index (χ1) is 19.5. The van der Waals surface area contributed by atoms with Gasteiger partial charge in [-0.25, -0.2) is 8.42 Å². The van der Waals surface area contributed by atoms with Crippen LogP contribution < -0.4 is 0 Å². The largest absolute Gasteiger partial charge is 0.393 e. The number of fused-ring (bicyclic) bond motifs is 5. The first kappa shape index (κ1) is 28.8. The summed E-state index contributed by atoms with van der Waals surface area (Å²) in [5.74, 6) is 3.25. The van der Waals surface area contributed by atoms with Crippen molar-refractivity contribution in [3.8, 4) is 0 Å². The van der Waals surface area contributed by atoms with E-state index in [1.54, 1.807) is 12.1 Å². The maximum atomic E-state index is 14.3. The van der Waals surface area contributed by atoms with E-state index in [1.807, 2.05) is 18.2 Å². The molecule has 5 heteroatoms. The molecule has 1 aromatic rings. The number of aliphatic hydroxyl groups excluding tert-OH is 1. The average Bonchev–Trinajstić information content (AvgIpc) is 3.64. The molecule has 0 amide bonds. The van der Waals surface area contributed by atoms with Gasteiger partial charge < -0.3 is 10.2 Å². The summed E-state index contributed by atoms with van der Waals surface area (Å²) >= 11 is 0. The Morgan fingerprint density at radius 2 is 1.46 bits per heavy atom. The third kappa shape index (κ3) is 4.87. The highest BCUT2D eigenvalue weighted by molar-refractivity contribution is 7.92. The zero-order chi connectivity index (χ0) is 28.7. The molecular formula is C36H54O4S. The van der Waals surface area contributed by atoms with Crippen molar-refractivity contribution in [3.63, 3.8) is 0 Å². The van der Waals surface area contributed by atoms with Gasteiger partial charge in [-0.3, -0.25) is 0 Å². The van der Waals surface area contributed by atoms with Crippen molar-refractivity contribution >= 4 is 9.84 Å². The molecule has 6 fully saturated rings. The number of hydrogen-bond donors (Lipinski definition) is 2. The quantitative estimate of drug-likeness (QED) is 0.360. The molecule has 4 nitrogen and oxygen atoms in total. The molecule has 7 unspecified atom stereocenters. The molecule has 7 rings (SSSR count). The summed E-state index contributed by atoms with van der Waals surface area (Å²) in [5, 5.41) is 21.7. The van der Waals surface area contributed by atoms with Crippen LogP contribution >= 0.6 is 0 Å². The first-order valence-electron chi connectivity index (χ1n) is 17.2. The van der Waals surface area contributed by atoms with Crippen molar-refractivity contribution in [3.05, 3.63) is 30.3 Å². The van der Waals surface area contributed by atoms with Gasteiger partial charge in [-0.1, -0.05) is 32.0 Å². The van der Waals surface area contributed by atoms with Gasteiger partial charge in [-0.05, 0) is 167 Å². The minimum Gasteiger partial charge on any atom is -0.393 e. The summed E-state index contributed by atoms with van der Waals surface area (Å²) in [4.78, 5) is 0.428. The standard InChI is InChI=1S/C36H54O4S/c1-33-14-12-27(37)22-25(33)8-10-30-31-11-9-26(34(31,2)15-13-32(30)33)23-29(41(39,40)28-6-4-3-5-7-28)24-36(38)20-18-35(16-17-35)19-21-36/h3-7,25-27,29-32,37-38H,8-24H2,1-2H3/t25?,26-,27?,29?,30?,31?,32?,33?,34-/m1/s1. The minimum atomic E-state index is -3.54. The normalized spacial score (nSPS) is 43.5. The molecule has 0 aliphatic heterocycles. The molecule has 1 aromatic carbocycles. The molecule has 228 valence electrons. The summed E-state index contributed by atoms with van der Waals surface area (Å²) in [6, 6.07) is 9.09. The molecule has 0 saturated heterocycles. The maximum Gasteiger partial charge on any atom is 0.181 e. The molecule has 41 heavy (non-hydrogen) atoms. The van der Waals surface area contributed by atoms with E-state index in [2.05, 4.69) is 13.8 Å². The van der Waals surface area contributed by atoms with Crippen LogP contribution in [0.1, 0.15) is 123 Å². The van der Waals surface area contributed by atoms with E-state index in [0.29, 0.717) is 46.3 Å². The Morgan fingerprint density at radius 3 is 2.17 bits per heavy atom. The predicted molar refractivity (Wildman–Crippen MR) is 163 cm³/mol. The van der Waals surface area contributed by atoms with Crippen molar-refractivity contribution in [1.29, 1.82) is 0 Å². The average molecular weight is 583 g/mol. The third-order valence-corrected chi connectivity index (χ3v) is 16.9. The summed E-state index contributed by atoms with van der Waals surface area (Å²) in [5.41, 5.74) is 0.173. The second-order valence-corrected chi connectivity index (χ2v) is 18.8. The van der Waals surface area contributed by atoms with E-state index in [9.17, 15) is 18.6 Å². The van der Waals surface area contributed by atoms with Crippen LogP contribution in [0.15, 0.2) is 35.2 Å². The van der Waals surface area contributed by atoms with Gasteiger partial charge in [0.05, 0.1) is 21.9 Å². The second-order valence-electron chi connectivity index (χ2n) is 16.5. The van der Waals surface area contributed by atoms with Crippen LogP contribution in [-0.2, 0) is 9.84 Å². The SMILES string of the molecule is CC12CCC(O)CC1CCC1C2CC[C@@]2(C)C1CC[C@@H]2CC(CC1(O)CCC2(CC1)CC2)S(=O)(=O)c1ccccc1. The van der Waals surface area contributed by atoms with Crippen LogP contribution in [-0.4, -0.2) is 35.6 Å². The van der Waals surface area contributed by atoms with Crippen LogP contribution in [0.4, 0.5) is 0 Å². The molecule has 0 bridgehead atoms. The summed E-state index contributed by atoms with van der Waals surface area (Å²) in [6.07, 6.45) is 17.7. The summed E-state index contributed by atoms with van der Waals surface area (Å²) < 4.78 is 28.5. The van der Waals surface area contributed by atoms with Gasteiger partial charge >= 0.3 is 0 Å². The van der Waals surface area contributed by atoms with Crippen molar-refractivity contribution in [2.45, 2.75) is 145 Å². The van der Waals surface area contributed by atoms with Crippen molar-refractivity contribution in [1.82, 2.24) is 0 Å². The number of sulfone groups is 1. The molecule has 6 saturated carbocycles. The van der Waals surface area contributed by atoms with Crippen LogP contribution in [0.2, 0.25) is 0 Å². The van der Waals surface area contributed by atoms with E-state index in [0.717, 1.165) is 56.8 Å². The fourth-order valence-electron chi connectivity index (χ4n) is 11.7. The van der Waals surface area contributed by atoms with Crippen LogP contribution in [0.5, 0.6) is 0 Å². The molecule has 0 aromatic heterocycles. The topological polar surface area (TPSA) is 74.6 Å². The number of hydrogen-bond acceptors (Lipinski definition) is 4. The lowest BCUT2D eigenvalue weighted by Gasteiger charge is -2.61. The van der Waals surface area contributed by atoms with E-state index in [-0.39, 0.29) is 11.5 Å². The molecular weight excluding hydrogens is 528 g/mol. The monoisotopic (exact) mass is 582 g/mol. The Morgan fingerprint density at radius 1 is 0.805 bits per heavy atom. The molecule has 6 aliphatic rings. The van der Waals surface area contributed by atoms with Gasteiger partial charge in [0.2, 0.25) is 0 Å². The fraction of sp³-hybridized carbons (Fsp3) is 0.833. The smallest absolute Gasteiger partial charge is 0.181 e. The van der Waals surface area contributed by atoms with Crippen LogP contribution in [0.25, 0.3) is 0 Å². The summed E-state index contributed by atoms with van der Waals surface area (Å²) in [6.45, 7) is 5.07. The zero-order valence-corrected chi connectivity index (χ0v) is 26.4. The number of benzene rings is 1. The summed E-state index contributed by atoms with van der Waals surface area (Å²) in [7, 11) is -3.54. The van der Waals surface area contributed by atoms with Crippen molar-refractivity contribution < 1.29 is 18.6 Å². The second kappa shape index (κ2) is 10.1. The Labute approximate surface area is 249 Å². The minimum absolute atomic E-state index is 0.105. The fourth-order valence-corrected chi connectivity index (χ4v) is 13.7. The van der Waals surface area contributed by atoms with E-state index >= 15 is 0 Å². The molecule has 2 N–H and O–H groups in total. The highest BCUT2D eigenvalue weighted by Crippen LogP contribution is 2.68. The van der Waals surface area contributed by atoms with Gasteiger partial charge in [0.1, 0.15) is 0 Å². The van der Waals surface area contributed by atoms with Gasteiger partial charge in [-0.15, -0.1) is 0 Å². The molecule has 6 aliphatic carbocycles. The lowest BCUT2D eigenvalue weighted by molar-refractivity contribution is -0.127. The van der Waals surface area contributed by atoms with Gasteiger partial charge in [-0.2, -0.15) is 0 Å². The Kier molecular flexibility index (Phi) is 7.07.